The van der Waals surface area contributed by atoms with Crippen LogP contribution < -0.4 is 10.1 Å². The second-order valence-electron chi connectivity index (χ2n) is 6.95. The number of hydrogen-bond acceptors (Lipinski definition) is 3. The minimum Gasteiger partial charge on any atom is -0.492 e. The minimum atomic E-state index is -0.607. The van der Waals surface area contributed by atoms with Crippen LogP contribution in [0.4, 0.5) is 8.78 Å². The Balaban J connectivity index is 1.66. The molecule has 26 heavy (non-hydrogen) atoms. The van der Waals surface area contributed by atoms with Crippen molar-refractivity contribution in [3.8, 4) is 16.9 Å². The number of benzene rings is 1. The van der Waals surface area contributed by atoms with Gasteiger partial charge in [0.05, 0.1) is 12.0 Å². The van der Waals surface area contributed by atoms with E-state index in [-0.39, 0.29) is 0 Å². The number of nitrogens with one attached hydrogen (secondary N) is 2. The van der Waals surface area contributed by atoms with Crippen molar-refractivity contribution in [2.75, 3.05) is 13.2 Å². The number of aromatic nitrogens is 2. The summed E-state index contributed by atoms with van der Waals surface area (Å²) in [6.07, 6.45) is 5.54. The monoisotopic (exact) mass is 357 g/mol. The fraction of sp³-hybridized carbons (Fsp3) is 0.350. The summed E-state index contributed by atoms with van der Waals surface area (Å²) >= 11 is 0. The van der Waals surface area contributed by atoms with Gasteiger partial charge in [0, 0.05) is 30.1 Å². The topological polar surface area (TPSA) is 49.9 Å². The van der Waals surface area contributed by atoms with Crippen LogP contribution in [0.5, 0.6) is 5.75 Å². The third kappa shape index (κ3) is 3.42. The van der Waals surface area contributed by atoms with Crippen LogP contribution in [0.1, 0.15) is 19.8 Å². The molecule has 0 bridgehead atoms. The number of ether oxygens (including phenoxy) is 1. The van der Waals surface area contributed by atoms with Crippen LogP contribution in [0.2, 0.25) is 0 Å². The molecule has 4 rings (SSSR count). The Bertz CT molecular complexity index is 904. The molecule has 6 heteroatoms. The lowest BCUT2D eigenvalue weighted by Crippen LogP contribution is -2.37. The maximum atomic E-state index is 13.6. The van der Waals surface area contributed by atoms with Crippen LogP contribution in [0.3, 0.4) is 0 Å². The Morgan fingerprint density at radius 1 is 1.23 bits per heavy atom. The van der Waals surface area contributed by atoms with Gasteiger partial charge in [-0.2, -0.15) is 0 Å². The molecule has 1 aliphatic rings. The SMILES string of the molecule is CC1CC(COc2ccnc3[nH]cc(-c4cc(F)cc(F)c4)c23)CCN1. The van der Waals surface area contributed by atoms with Gasteiger partial charge in [0.25, 0.3) is 0 Å². The summed E-state index contributed by atoms with van der Waals surface area (Å²) < 4.78 is 33.4. The van der Waals surface area contributed by atoms with Gasteiger partial charge in [0.1, 0.15) is 23.0 Å². The predicted octanol–water partition coefficient (Wildman–Crippen LogP) is 4.28. The number of fused-ring (bicyclic) bond motifs is 1. The molecule has 136 valence electrons. The van der Waals surface area contributed by atoms with E-state index in [0.29, 0.717) is 41.1 Å². The first-order valence-electron chi connectivity index (χ1n) is 8.89. The Morgan fingerprint density at radius 3 is 2.81 bits per heavy atom. The smallest absolute Gasteiger partial charge is 0.141 e. The number of hydrogen-bond donors (Lipinski definition) is 2. The van der Waals surface area contributed by atoms with Crippen molar-refractivity contribution in [2.45, 2.75) is 25.8 Å². The quantitative estimate of drug-likeness (QED) is 0.733. The first kappa shape index (κ1) is 17.0. The Labute approximate surface area is 150 Å². The van der Waals surface area contributed by atoms with Crippen molar-refractivity contribution in [1.82, 2.24) is 15.3 Å². The molecule has 2 aromatic heterocycles. The average Bonchev–Trinajstić information content (AvgIpc) is 3.04. The highest BCUT2D eigenvalue weighted by atomic mass is 19.1. The third-order valence-electron chi connectivity index (χ3n) is 4.92. The van der Waals surface area contributed by atoms with Gasteiger partial charge >= 0.3 is 0 Å². The molecule has 0 amide bonds. The largest absolute Gasteiger partial charge is 0.492 e. The van der Waals surface area contributed by atoms with Gasteiger partial charge in [-0.3, -0.25) is 0 Å². The molecule has 4 nitrogen and oxygen atoms in total. The summed E-state index contributed by atoms with van der Waals surface area (Å²) in [6, 6.07) is 5.80. The number of H-pyrrole nitrogens is 1. The molecular formula is C20H21F2N3O. The summed E-state index contributed by atoms with van der Waals surface area (Å²) in [7, 11) is 0. The molecule has 0 aliphatic carbocycles. The molecule has 0 saturated carbocycles. The van der Waals surface area contributed by atoms with E-state index in [1.165, 1.54) is 12.1 Å². The molecule has 1 aliphatic heterocycles. The van der Waals surface area contributed by atoms with Crippen molar-refractivity contribution in [2.24, 2.45) is 5.92 Å². The lowest BCUT2D eigenvalue weighted by Gasteiger charge is -2.28. The summed E-state index contributed by atoms with van der Waals surface area (Å²) in [4.78, 5) is 7.37. The molecule has 3 aromatic rings. The molecule has 3 heterocycles. The second-order valence-corrected chi connectivity index (χ2v) is 6.95. The summed E-state index contributed by atoms with van der Waals surface area (Å²) in [5.41, 5.74) is 1.78. The molecule has 0 radical (unpaired) electrons. The van der Waals surface area contributed by atoms with Crippen molar-refractivity contribution in [3.63, 3.8) is 0 Å². The molecular weight excluding hydrogens is 336 g/mol. The lowest BCUT2D eigenvalue weighted by molar-refractivity contribution is 0.198. The van der Waals surface area contributed by atoms with Crippen molar-refractivity contribution < 1.29 is 13.5 Å². The van der Waals surface area contributed by atoms with Gasteiger partial charge in [0.2, 0.25) is 0 Å². The molecule has 2 unspecified atom stereocenters. The van der Waals surface area contributed by atoms with E-state index >= 15 is 0 Å². The van der Waals surface area contributed by atoms with E-state index in [2.05, 4.69) is 22.2 Å². The standard InChI is InChI=1S/C20H21F2N3O/c1-12-6-13(2-4-23-12)11-26-18-3-5-24-20-19(18)17(10-25-20)14-7-15(21)9-16(22)8-14/h3,5,7-10,12-13,23H,2,4,6,11H2,1H3,(H,24,25). The van der Waals surface area contributed by atoms with Gasteiger partial charge in [-0.15, -0.1) is 0 Å². The maximum Gasteiger partial charge on any atom is 0.141 e. The highest BCUT2D eigenvalue weighted by Crippen LogP contribution is 2.35. The fourth-order valence-corrected chi connectivity index (χ4v) is 3.68. The summed E-state index contributed by atoms with van der Waals surface area (Å²) in [6.45, 7) is 3.80. The Kier molecular flexibility index (Phi) is 4.59. The van der Waals surface area contributed by atoms with Crippen molar-refractivity contribution >= 4 is 11.0 Å². The zero-order chi connectivity index (χ0) is 18.1. The minimum absolute atomic E-state index is 0.460. The van der Waals surface area contributed by atoms with Gasteiger partial charge < -0.3 is 15.0 Å². The third-order valence-corrected chi connectivity index (χ3v) is 4.92. The van der Waals surface area contributed by atoms with E-state index in [9.17, 15) is 8.78 Å². The number of nitrogens with zero attached hydrogens (tertiary/aromatic N) is 1. The van der Waals surface area contributed by atoms with E-state index in [1.807, 2.05) is 0 Å². The Morgan fingerprint density at radius 2 is 2.04 bits per heavy atom. The van der Waals surface area contributed by atoms with Crippen molar-refractivity contribution in [3.05, 3.63) is 48.3 Å². The van der Waals surface area contributed by atoms with Gasteiger partial charge in [-0.05, 0) is 56.0 Å². The second kappa shape index (κ2) is 7.03. The van der Waals surface area contributed by atoms with E-state index < -0.39 is 11.6 Å². The average molecular weight is 357 g/mol. The van der Waals surface area contributed by atoms with Gasteiger partial charge in [-0.1, -0.05) is 0 Å². The van der Waals surface area contributed by atoms with Crippen LogP contribution in [-0.2, 0) is 0 Å². The molecule has 1 fully saturated rings. The molecule has 2 N–H and O–H groups in total. The van der Waals surface area contributed by atoms with Crippen LogP contribution in [0.25, 0.3) is 22.2 Å². The molecule has 0 spiro atoms. The normalized spacial score (nSPS) is 20.4. The predicted molar refractivity (Wildman–Crippen MR) is 97.1 cm³/mol. The number of pyridine rings is 1. The van der Waals surface area contributed by atoms with E-state index in [0.717, 1.165) is 30.8 Å². The highest BCUT2D eigenvalue weighted by Gasteiger charge is 2.20. The highest BCUT2D eigenvalue weighted by molar-refractivity contribution is 5.98. The summed E-state index contributed by atoms with van der Waals surface area (Å²) in [5, 5.41) is 4.18. The van der Waals surface area contributed by atoms with Crippen LogP contribution in [0, 0.1) is 17.6 Å². The Hall–Kier alpha value is -2.47. The zero-order valence-corrected chi connectivity index (χ0v) is 14.6. The number of rotatable bonds is 4. The lowest BCUT2D eigenvalue weighted by atomic mass is 9.94. The first-order valence-corrected chi connectivity index (χ1v) is 8.89. The zero-order valence-electron chi connectivity index (χ0n) is 14.6. The van der Waals surface area contributed by atoms with E-state index in [4.69, 9.17) is 4.74 Å². The number of piperidine rings is 1. The first-order chi connectivity index (χ1) is 12.6. The molecule has 1 saturated heterocycles. The van der Waals surface area contributed by atoms with Crippen LogP contribution in [0.15, 0.2) is 36.7 Å². The summed E-state index contributed by atoms with van der Waals surface area (Å²) in [5.74, 6) is -0.0422. The molecule has 1 aromatic carbocycles. The van der Waals surface area contributed by atoms with E-state index in [1.54, 1.807) is 18.5 Å². The fourth-order valence-electron chi connectivity index (χ4n) is 3.68. The number of aromatic amines is 1. The van der Waals surface area contributed by atoms with Gasteiger partial charge in [0.15, 0.2) is 0 Å². The van der Waals surface area contributed by atoms with Crippen LogP contribution >= 0.6 is 0 Å². The van der Waals surface area contributed by atoms with Crippen LogP contribution in [-0.4, -0.2) is 29.2 Å². The van der Waals surface area contributed by atoms with Crippen molar-refractivity contribution in [1.29, 1.82) is 0 Å². The van der Waals surface area contributed by atoms with Gasteiger partial charge in [-0.25, -0.2) is 13.8 Å². The maximum absolute atomic E-state index is 13.6. The number of halogens is 2. The molecule has 2 atom stereocenters.